The Bertz CT molecular complexity index is 852. The average Bonchev–Trinajstić information content (AvgIpc) is 2.60. The van der Waals surface area contributed by atoms with Crippen molar-refractivity contribution in [2.45, 2.75) is 6.54 Å². The fraction of sp³-hybridized carbons (Fsp3) is 0.278. The highest BCUT2D eigenvalue weighted by atomic mass is 32.2. The third-order valence-electron chi connectivity index (χ3n) is 4.01. The third-order valence-corrected chi connectivity index (χ3v) is 5.21. The van der Waals surface area contributed by atoms with E-state index in [-0.39, 0.29) is 19.0 Å². The predicted octanol–water partition coefficient (Wildman–Crippen LogP) is 1.87. The Labute approximate surface area is 147 Å². The standard InChI is InChI=1S/C18H20N2O4S/c1-25(22,23)19(13-15-7-3-2-4-8-15)14-18(21)20-11-12-24-17-10-6-5-9-16(17)20/h2-10H,11-14H2,1H3. The molecule has 2 aromatic carbocycles. The topological polar surface area (TPSA) is 66.9 Å². The monoisotopic (exact) mass is 360 g/mol. The zero-order valence-corrected chi connectivity index (χ0v) is 14.8. The maximum absolute atomic E-state index is 12.8. The van der Waals surface area contributed by atoms with Crippen LogP contribution in [0.15, 0.2) is 54.6 Å². The van der Waals surface area contributed by atoms with Crippen LogP contribution in [0.25, 0.3) is 0 Å². The van der Waals surface area contributed by atoms with Gasteiger partial charge in [-0.25, -0.2) is 8.42 Å². The number of hydrogen-bond acceptors (Lipinski definition) is 4. The predicted molar refractivity (Wildman–Crippen MR) is 96.0 cm³/mol. The van der Waals surface area contributed by atoms with Gasteiger partial charge in [0.15, 0.2) is 0 Å². The molecule has 3 rings (SSSR count). The molecule has 0 saturated heterocycles. The van der Waals surface area contributed by atoms with Crippen molar-refractivity contribution >= 4 is 21.6 Å². The number of rotatable bonds is 5. The highest BCUT2D eigenvalue weighted by Gasteiger charge is 2.27. The van der Waals surface area contributed by atoms with Crippen LogP contribution >= 0.6 is 0 Å². The van der Waals surface area contributed by atoms with Gasteiger partial charge in [0.25, 0.3) is 0 Å². The number of carbonyl (C=O) groups excluding carboxylic acids is 1. The molecule has 132 valence electrons. The van der Waals surface area contributed by atoms with Crippen molar-refractivity contribution in [3.63, 3.8) is 0 Å². The lowest BCUT2D eigenvalue weighted by molar-refractivity contribution is -0.119. The summed E-state index contributed by atoms with van der Waals surface area (Å²) in [5.74, 6) is 0.369. The van der Waals surface area contributed by atoms with Crippen molar-refractivity contribution in [1.82, 2.24) is 4.31 Å². The molecule has 0 aromatic heterocycles. The van der Waals surface area contributed by atoms with E-state index in [1.54, 1.807) is 17.0 Å². The first kappa shape index (κ1) is 17.4. The fourth-order valence-corrected chi connectivity index (χ4v) is 3.47. The Hall–Kier alpha value is -2.38. The Kier molecular flexibility index (Phi) is 5.06. The number of sulfonamides is 1. The maximum atomic E-state index is 12.8. The number of fused-ring (bicyclic) bond motifs is 1. The zero-order chi connectivity index (χ0) is 17.9. The molecule has 0 fully saturated rings. The largest absolute Gasteiger partial charge is 0.490 e. The number of anilines is 1. The molecule has 7 heteroatoms. The molecule has 0 N–H and O–H groups in total. The van der Waals surface area contributed by atoms with Gasteiger partial charge in [0, 0.05) is 6.54 Å². The van der Waals surface area contributed by atoms with Crippen LogP contribution in [0.4, 0.5) is 5.69 Å². The summed E-state index contributed by atoms with van der Waals surface area (Å²) in [6.07, 6.45) is 1.12. The molecule has 0 bridgehead atoms. The first-order valence-corrected chi connectivity index (χ1v) is 9.81. The Morgan fingerprint density at radius 1 is 1.12 bits per heavy atom. The number of amides is 1. The lowest BCUT2D eigenvalue weighted by Gasteiger charge is -2.31. The second-order valence-corrected chi connectivity index (χ2v) is 7.86. The van der Waals surface area contributed by atoms with E-state index in [9.17, 15) is 13.2 Å². The van der Waals surface area contributed by atoms with Gasteiger partial charge in [-0.2, -0.15) is 4.31 Å². The molecule has 0 atom stereocenters. The second kappa shape index (κ2) is 7.25. The molecule has 0 aliphatic carbocycles. The Balaban J connectivity index is 1.80. The van der Waals surface area contributed by atoms with E-state index < -0.39 is 10.0 Å². The Morgan fingerprint density at radius 3 is 2.52 bits per heavy atom. The van der Waals surface area contributed by atoms with Gasteiger partial charge in [-0.15, -0.1) is 0 Å². The number of hydrogen-bond donors (Lipinski definition) is 0. The van der Waals surface area contributed by atoms with E-state index in [0.29, 0.717) is 24.6 Å². The number of benzene rings is 2. The van der Waals surface area contributed by atoms with E-state index >= 15 is 0 Å². The average molecular weight is 360 g/mol. The third kappa shape index (κ3) is 4.18. The molecular weight excluding hydrogens is 340 g/mol. The summed E-state index contributed by atoms with van der Waals surface area (Å²) in [7, 11) is -3.52. The van der Waals surface area contributed by atoms with Crippen LogP contribution in [0.1, 0.15) is 5.56 Å². The van der Waals surface area contributed by atoms with Crippen LogP contribution in [0.3, 0.4) is 0 Å². The van der Waals surface area contributed by atoms with E-state index in [1.165, 1.54) is 4.31 Å². The summed E-state index contributed by atoms with van der Waals surface area (Å²) in [5, 5.41) is 0. The molecule has 0 spiro atoms. The molecule has 0 radical (unpaired) electrons. The van der Waals surface area contributed by atoms with Crippen LogP contribution in [0.2, 0.25) is 0 Å². The number of nitrogens with zero attached hydrogens (tertiary/aromatic N) is 2. The summed E-state index contributed by atoms with van der Waals surface area (Å²) in [4.78, 5) is 14.4. The molecule has 1 aliphatic rings. The SMILES string of the molecule is CS(=O)(=O)N(CC(=O)N1CCOc2ccccc21)Cc1ccccc1. The van der Waals surface area contributed by atoms with Crippen molar-refractivity contribution < 1.29 is 17.9 Å². The number of carbonyl (C=O) groups is 1. The van der Waals surface area contributed by atoms with E-state index in [2.05, 4.69) is 0 Å². The van der Waals surface area contributed by atoms with Gasteiger partial charge in [0.2, 0.25) is 15.9 Å². The summed E-state index contributed by atoms with van der Waals surface area (Å²) < 4.78 is 31.0. The van der Waals surface area contributed by atoms with Crippen molar-refractivity contribution in [2.24, 2.45) is 0 Å². The minimum absolute atomic E-state index is 0.164. The first-order chi connectivity index (χ1) is 11.9. The van der Waals surface area contributed by atoms with E-state index in [0.717, 1.165) is 11.8 Å². The van der Waals surface area contributed by atoms with Gasteiger partial charge >= 0.3 is 0 Å². The van der Waals surface area contributed by atoms with Crippen molar-refractivity contribution in [1.29, 1.82) is 0 Å². The lowest BCUT2D eigenvalue weighted by Crippen LogP contribution is -2.45. The van der Waals surface area contributed by atoms with Gasteiger partial charge in [-0.1, -0.05) is 42.5 Å². The van der Waals surface area contributed by atoms with Crippen LogP contribution in [0, 0.1) is 0 Å². The minimum Gasteiger partial charge on any atom is -0.490 e. The van der Waals surface area contributed by atoms with Crippen molar-refractivity contribution in [3.8, 4) is 5.75 Å². The summed E-state index contributed by atoms with van der Waals surface area (Å²) in [6, 6.07) is 16.5. The van der Waals surface area contributed by atoms with E-state index in [1.807, 2.05) is 42.5 Å². The molecule has 1 aliphatic heterocycles. The summed E-state index contributed by atoms with van der Waals surface area (Å²) in [6.45, 7) is 0.749. The first-order valence-electron chi connectivity index (χ1n) is 7.96. The highest BCUT2D eigenvalue weighted by molar-refractivity contribution is 7.88. The minimum atomic E-state index is -3.52. The van der Waals surface area contributed by atoms with Crippen LogP contribution in [0.5, 0.6) is 5.75 Å². The Morgan fingerprint density at radius 2 is 1.80 bits per heavy atom. The van der Waals surface area contributed by atoms with E-state index in [4.69, 9.17) is 4.74 Å². The molecule has 0 saturated carbocycles. The normalized spacial score (nSPS) is 14.1. The lowest BCUT2D eigenvalue weighted by atomic mass is 10.2. The zero-order valence-electron chi connectivity index (χ0n) is 14.0. The van der Waals surface area contributed by atoms with Gasteiger partial charge in [0.05, 0.1) is 25.0 Å². The van der Waals surface area contributed by atoms with Crippen molar-refractivity contribution in [3.05, 3.63) is 60.2 Å². The molecule has 25 heavy (non-hydrogen) atoms. The van der Waals surface area contributed by atoms with Crippen LogP contribution in [-0.4, -0.2) is 44.6 Å². The summed E-state index contributed by atoms with van der Waals surface area (Å²) in [5.41, 5.74) is 1.51. The number of ether oxygens (including phenoxy) is 1. The molecule has 1 amide bonds. The highest BCUT2D eigenvalue weighted by Crippen LogP contribution is 2.31. The maximum Gasteiger partial charge on any atom is 0.242 e. The van der Waals surface area contributed by atoms with Gasteiger partial charge in [-0.3, -0.25) is 4.79 Å². The van der Waals surface area contributed by atoms with Gasteiger partial charge < -0.3 is 9.64 Å². The molecule has 0 unspecified atom stereocenters. The fourth-order valence-electron chi connectivity index (χ4n) is 2.74. The summed E-state index contributed by atoms with van der Waals surface area (Å²) >= 11 is 0. The molecular formula is C18H20N2O4S. The van der Waals surface area contributed by atoms with Crippen LogP contribution in [-0.2, 0) is 21.4 Å². The molecule has 1 heterocycles. The molecule has 6 nitrogen and oxygen atoms in total. The molecule has 2 aromatic rings. The smallest absolute Gasteiger partial charge is 0.242 e. The quantitative estimate of drug-likeness (QED) is 0.816. The van der Waals surface area contributed by atoms with Crippen molar-refractivity contribution in [2.75, 3.05) is 30.9 Å². The second-order valence-electron chi connectivity index (χ2n) is 5.88. The van der Waals surface area contributed by atoms with Crippen LogP contribution < -0.4 is 9.64 Å². The van der Waals surface area contributed by atoms with Gasteiger partial charge in [-0.05, 0) is 17.7 Å². The van der Waals surface area contributed by atoms with Gasteiger partial charge in [0.1, 0.15) is 12.4 Å². The number of para-hydroxylation sites is 2.